The fourth-order valence-electron chi connectivity index (χ4n) is 1.14. The van der Waals surface area contributed by atoms with Gasteiger partial charge in [-0.2, -0.15) is 5.26 Å². The van der Waals surface area contributed by atoms with E-state index >= 15 is 0 Å². The highest BCUT2D eigenvalue weighted by atomic mass is 35.5. The molecule has 0 saturated carbocycles. The predicted octanol–water partition coefficient (Wildman–Crippen LogP) is 3.25. The van der Waals surface area contributed by atoms with Crippen molar-refractivity contribution in [3.63, 3.8) is 0 Å². The van der Waals surface area contributed by atoms with Crippen molar-refractivity contribution in [1.29, 1.82) is 5.26 Å². The van der Waals surface area contributed by atoms with Crippen LogP contribution in [0.15, 0.2) is 29.9 Å². The molecule has 0 aliphatic rings. The standard InChI is InChI=1S/C11H7ClN2OS/c12-11-3-9(2-1-8(11)4-13)15-6-10-5-14-7-16-10/h1-3,5,7H,6H2. The Labute approximate surface area is 102 Å². The van der Waals surface area contributed by atoms with E-state index in [4.69, 9.17) is 21.6 Å². The van der Waals surface area contributed by atoms with Crippen molar-refractivity contribution in [2.45, 2.75) is 6.61 Å². The molecule has 0 saturated heterocycles. The van der Waals surface area contributed by atoms with Gasteiger partial charge in [-0.15, -0.1) is 11.3 Å². The summed E-state index contributed by atoms with van der Waals surface area (Å²) in [6.07, 6.45) is 1.76. The normalized spacial score (nSPS) is 9.75. The Morgan fingerprint density at radius 2 is 2.38 bits per heavy atom. The third-order valence-electron chi connectivity index (χ3n) is 1.93. The molecule has 3 nitrogen and oxygen atoms in total. The molecular weight excluding hydrogens is 244 g/mol. The van der Waals surface area contributed by atoms with Gasteiger partial charge < -0.3 is 4.74 Å². The second-order valence-corrected chi connectivity index (χ2v) is 4.39. The second kappa shape index (κ2) is 4.97. The summed E-state index contributed by atoms with van der Waals surface area (Å²) in [5.74, 6) is 0.650. The average molecular weight is 251 g/mol. The Kier molecular flexibility index (Phi) is 3.40. The molecule has 16 heavy (non-hydrogen) atoms. The molecule has 0 N–H and O–H groups in total. The number of nitriles is 1. The maximum Gasteiger partial charge on any atom is 0.124 e. The summed E-state index contributed by atoms with van der Waals surface area (Å²) in [7, 11) is 0. The second-order valence-electron chi connectivity index (χ2n) is 3.01. The summed E-state index contributed by atoms with van der Waals surface area (Å²) < 4.78 is 5.51. The van der Waals surface area contributed by atoms with Crippen LogP contribution in [0.1, 0.15) is 10.4 Å². The van der Waals surface area contributed by atoms with Crippen molar-refractivity contribution in [2.24, 2.45) is 0 Å². The van der Waals surface area contributed by atoms with E-state index in [-0.39, 0.29) is 0 Å². The fraction of sp³-hybridized carbons (Fsp3) is 0.0909. The van der Waals surface area contributed by atoms with Gasteiger partial charge in [0.05, 0.1) is 21.0 Å². The van der Waals surface area contributed by atoms with E-state index in [0.29, 0.717) is 22.9 Å². The van der Waals surface area contributed by atoms with E-state index in [2.05, 4.69) is 4.98 Å². The Balaban J connectivity index is 2.06. The number of hydrogen-bond acceptors (Lipinski definition) is 4. The zero-order chi connectivity index (χ0) is 11.4. The summed E-state index contributed by atoms with van der Waals surface area (Å²) in [6, 6.07) is 7.01. The lowest BCUT2D eigenvalue weighted by Gasteiger charge is -2.04. The molecule has 0 radical (unpaired) electrons. The maximum atomic E-state index is 8.71. The molecule has 0 amide bonds. The lowest BCUT2D eigenvalue weighted by atomic mass is 10.2. The van der Waals surface area contributed by atoms with Gasteiger partial charge in [-0.1, -0.05) is 11.6 Å². The summed E-state index contributed by atoms with van der Waals surface area (Å²) in [4.78, 5) is 4.99. The van der Waals surface area contributed by atoms with E-state index in [1.54, 1.807) is 29.9 Å². The van der Waals surface area contributed by atoms with Gasteiger partial charge in [0.2, 0.25) is 0 Å². The Morgan fingerprint density at radius 1 is 1.50 bits per heavy atom. The quantitative estimate of drug-likeness (QED) is 0.840. The van der Waals surface area contributed by atoms with Gasteiger partial charge in [0.15, 0.2) is 0 Å². The van der Waals surface area contributed by atoms with E-state index in [1.807, 2.05) is 6.07 Å². The van der Waals surface area contributed by atoms with Gasteiger partial charge >= 0.3 is 0 Å². The first kappa shape index (κ1) is 10.9. The molecule has 5 heteroatoms. The van der Waals surface area contributed by atoms with Gasteiger partial charge in [-0.25, -0.2) is 0 Å². The highest BCUT2D eigenvalue weighted by molar-refractivity contribution is 7.09. The molecule has 80 valence electrons. The van der Waals surface area contributed by atoms with Crippen LogP contribution in [0.4, 0.5) is 0 Å². The molecule has 0 bridgehead atoms. The molecule has 0 spiro atoms. The Hall–Kier alpha value is -1.57. The molecule has 2 aromatic rings. The van der Waals surface area contributed by atoms with Gasteiger partial charge in [0, 0.05) is 12.3 Å². The monoisotopic (exact) mass is 250 g/mol. The summed E-state index contributed by atoms with van der Waals surface area (Å²) in [5, 5.41) is 9.11. The molecule has 1 aromatic carbocycles. The number of hydrogen-bond donors (Lipinski definition) is 0. The number of rotatable bonds is 3. The first-order chi connectivity index (χ1) is 7.79. The van der Waals surface area contributed by atoms with E-state index in [1.165, 1.54) is 11.3 Å². The van der Waals surface area contributed by atoms with Crippen LogP contribution in [-0.2, 0) is 6.61 Å². The fourth-order valence-corrected chi connectivity index (χ4v) is 1.86. The van der Waals surface area contributed by atoms with Crippen LogP contribution < -0.4 is 4.74 Å². The third-order valence-corrected chi connectivity index (χ3v) is 2.99. The molecular formula is C11H7ClN2OS. The van der Waals surface area contributed by atoms with Gasteiger partial charge in [0.25, 0.3) is 0 Å². The topological polar surface area (TPSA) is 45.9 Å². The maximum absolute atomic E-state index is 8.71. The largest absolute Gasteiger partial charge is 0.488 e. The first-order valence-electron chi connectivity index (χ1n) is 4.49. The molecule has 2 rings (SSSR count). The van der Waals surface area contributed by atoms with Crippen LogP contribution in [0.3, 0.4) is 0 Å². The first-order valence-corrected chi connectivity index (χ1v) is 5.75. The van der Waals surface area contributed by atoms with Crippen LogP contribution in [0.25, 0.3) is 0 Å². The minimum absolute atomic E-state index is 0.407. The number of ether oxygens (including phenoxy) is 1. The van der Waals surface area contributed by atoms with Crippen LogP contribution in [0.5, 0.6) is 5.75 Å². The highest BCUT2D eigenvalue weighted by Gasteiger charge is 2.02. The van der Waals surface area contributed by atoms with Crippen LogP contribution in [0.2, 0.25) is 5.02 Å². The zero-order valence-electron chi connectivity index (χ0n) is 8.18. The smallest absolute Gasteiger partial charge is 0.124 e. The molecule has 0 atom stereocenters. The molecule has 0 aliphatic heterocycles. The third kappa shape index (κ3) is 2.51. The summed E-state index contributed by atoms with van der Waals surface area (Å²) in [5.41, 5.74) is 2.21. The van der Waals surface area contributed by atoms with Crippen LogP contribution in [-0.4, -0.2) is 4.98 Å². The minimum Gasteiger partial charge on any atom is -0.488 e. The van der Waals surface area contributed by atoms with E-state index in [0.717, 1.165) is 4.88 Å². The zero-order valence-corrected chi connectivity index (χ0v) is 9.76. The molecule has 0 unspecified atom stereocenters. The molecule has 1 heterocycles. The predicted molar refractivity (Wildman–Crippen MR) is 62.6 cm³/mol. The van der Waals surface area contributed by atoms with Crippen LogP contribution >= 0.6 is 22.9 Å². The SMILES string of the molecule is N#Cc1ccc(OCc2cncs2)cc1Cl. The van der Waals surface area contributed by atoms with Crippen molar-refractivity contribution in [2.75, 3.05) is 0 Å². The van der Waals surface area contributed by atoms with Crippen molar-refractivity contribution in [3.8, 4) is 11.8 Å². The van der Waals surface area contributed by atoms with Crippen molar-refractivity contribution >= 4 is 22.9 Å². The number of aromatic nitrogens is 1. The van der Waals surface area contributed by atoms with Crippen molar-refractivity contribution in [1.82, 2.24) is 4.98 Å². The van der Waals surface area contributed by atoms with Gasteiger partial charge in [-0.3, -0.25) is 4.98 Å². The van der Waals surface area contributed by atoms with E-state index in [9.17, 15) is 0 Å². The number of nitrogens with zero attached hydrogens (tertiary/aromatic N) is 2. The lowest BCUT2D eigenvalue weighted by molar-refractivity contribution is 0.309. The molecule has 0 aliphatic carbocycles. The Bertz CT molecular complexity index is 519. The van der Waals surface area contributed by atoms with Gasteiger partial charge in [-0.05, 0) is 12.1 Å². The van der Waals surface area contributed by atoms with Crippen molar-refractivity contribution in [3.05, 3.63) is 45.4 Å². The Morgan fingerprint density at radius 3 is 3.00 bits per heavy atom. The molecule has 1 aromatic heterocycles. The minimum atomic E-state index is 0.407. The lowest BCUT2D eigenvalue weighted by Crippen LogP contribution is -1.93. The number of thiazole rings is 1. The number of benzene rings is 1. The van der Waals surface area contributed by atoms with Gasteiger partial charge in [0.1, 0.15) is 18.4 Å². The van der Waals surface area contributed by atoms with E-state index < -0.39 is 0 Å². The average Bonchev–Trinajstić information content (AvgIpc) is 2.79. The molecule has 0 fully saturated rings. The van der Waals surface area contributed by atoms with Crippen LogP contribution in [0, 0.1) is 11.3 Å². The number of halogens is 1. The summed E-state index contributed by atoms with van der Waals surface area (Å²) in [6.45, 7) is 0.465. The highest BCUT2D eigenvalue weighted by Crippen LogP contribution is 2.22. The van der Waals surface area contributed by atoms with Crippen molar-refractivity contribution < 1.29 is 4.74 Å². The summed E-state index contributed by atoms with van der Waals surface area (Å²) >= 11 is 7.41.